The fourth-order valence-electron chi connectivity index (χ4n) is 6.02. The molecule has 4 heterocycles. The van der Waals surface area contributed by atoms with Crippen LogP contribution >= 0.6 is 0 Å². The maximum atomic E-state index is 13.6. The highest BCUT2D eigenvalue weighted by atomic mass is 16.3. The first kappa shape index (κ1) is 21.7. The molecule has 0 spiro atoms. The second kappa shape index (κ2) is 9.02. The number of hydrogen-bond donors (Lipinski definition) is 2. The van der Waals surface area contributed by atoms with Crippen LogP contribution in [-0.4, -0.2) is 52.4 Å². The van der Waals surface area contributed by atoms with Crippen molar-refractivity contribution in [3.8, 4) is 0 Å². The normalized spacial score (nSPS) is 27.5. The Hall–Kier alpha value is -2.12. The Kier molecular flexibility index (Phi) is 6.12. The maximum Gasteiger partial charge on any atom is 0.242 e. The molecule has 174 valence electrons. The Labute approximate surface area is 189 Å². The van der Waals surface area contributed by atoms with Crippen molar-refractivity contribution in [3.63, 3.8) is 0 Å². The highest BCUT2D eigenvalue weighted by molar-refractivity contribution is 6.06. The zero-order valence-electron chi connectivity index (χ0n) is 19.0. The summed E-state index contributed by atoms with van der Waals surface area (Å²) in [5, 5.41) is 3.22. The lowest BCUT2D eigenvalue weighted by Crippen LogP contribution is -2.66. The third-order valence-electron chi connectivity index (χ3n) is 7.91. The average Bonchev–Trinajstić information content (AvgIpc) is 3.40. The van der Waals surface area contributed by atoms with Crippen molar-refractivity contribution in [3.05, 3.63) is 24.1 Å². The molecule has 3 N–H and O–H groups in total. The average molecular weight is 441 g/mol. The van der Waals surface area contributed by atoms with E-state index in [4.69, 9.17) is 10.2 Å². The summed E-state index contributed by atoms with van der Waals surface area (Å²) in [7, 11) is 0. The van der Waals surface area contributed by atoms with Gasteiger partial charge in [0.15, 0.2) is 11.4 Å². The lowest BCUT2D eigenvalue weighted by Gasteiger charge is -2.41. The molecule has 2 atom stereocenters. The summed E-state index contributed by atoms with van der Waals surface area (Å²) in [5.74, 6) is -0.707. The number of carbonyl (C=O) groups is 2. The van der Waals surface area contributed by atoms with E-state index in [0.29, 0.717) is 24.2 Å². The molecule has 3 aliphatic rings. The van der Waals surface area contributed by atoms with Crippen LogP contribution in [0.5, 0.6) is 0 Å². The highest BCUT2D eigenvalue weighted by Crippen LogP contribution is 2.36. The second-order valence-corrected chi connectivity index (χ2v) is 10.1. The van der Waals surface area contributed by atoms with Gasteiger partial charge in [-0.15, -0.1) is 0 Å². The molecule has 7 nitrogen and oxygen atoms in total. The lowest BCUT2D eigenvalue weighted by molar-refractivity contribution is -0.129. The summed E-state index contributed by atoms with van der Waals surface area (Å²) in [5.41, 5.74) is 7.80. The van der Waals surface area contributed by atoms with E-state index in [2.05, 4.69) is 10.2 Å². The minimum atomic E-state index is -1.24. The van der Waals surface area contributed by atoms with Crippen molar-refractivity contribution in [2.45, 2.75) is 82.3 Å². The Morgan fingerprint density at radius 3 is 2.69 bits per heavy atom. The number of amides is 1. The second-order valence-electron chi connectivity index (χ2n) is 10.1. The SMILES string of the molecule is NC1(C(=O)NC2CCCCC2)Cn2c(cc3occc32)C(=O)C1CCCN1CCCCC1. The Morgan fingerprint density at radius 2 is 1.91 bits per heavy atom. The van der Waals surface area contributed by atoms with Crippen LogP contribution in [0.2, 0.25) is 0 Å². The van der Waals surface area contributed by atoms with E-state index in [-0.39, 0.29) is 17.7 Å². The van der Waals surface area contributed by atoms with E-state index < -0.39 is 11.5 Å². The number of rotatable bonds is 6. The molecule has 1 saturated heterocycles. The Morgan fingerprint density at radius 1 is 1.16 bits per heavy atom. The molecule has 2 fully saturated rings. The van der Waals surface area contributed by atoms with Gasteiger partial charge in [0.05, 0.1) is 29.9 Å². The molecule has 0 aromatic carbocycles. The molecular formula is C25H36N4O3. The van der Waals surface area contributed by atoms with Gasteiger partial charge < -0.3 is 24.9 Å². The topological polar surface area (TPSA) is 93.5 Å². The number of piperidine rings is 1. The Bertz CT molecular complexity index is 967. The molecule has 0 bridgehead atoms. The van der Waals surface area contributed by atoms with Crippen LogP contribution in [0.4, 0.5) is 0 Å². The summed E-state index contributed by atoms with van der Waals surface area (Å²) in [4.78, 5) is 29.7. The summed E-state index contributed by atoms with van der Waals surface area (Å²) in [6, 6.07) is 3.83. The summed E-state index contributed by atoms with van der Waals surface area (Å²) >= 11 is 0. The number of nitrogens with zero attached hydrogens (tertiary/aromatic N) is 2. The standard InChI is InChI=1S/C25H36N4O3/c26-25(24(31)27-18-8-3-1-4-9-18)17-29-20-11-15-32-22(20)16-21(29)23(30)19(25)10-7-14-28-12-5-2-6-13-28/h11,15-16,18-19H,1-10,12-14,17,26H2,(H,27,31). The number of aromatic nitrogens is 1. The molecular weight excluding hydrogens is 404 g/mol. The van der Waals surface area contributed by atoms with Crippen molar-refractivity contribution in [1.29, 1.82) is 0 Å². The molecule has 1 amide bonds. The third-order valence-corrected chi connectivity index (χ3v) is 7.91. The molecule has 2 unspecified atom stereocenters. The summed E-state index contributed by atoms with van der Waals surface area (Å²) < 4.78 is 7.44. The van der Waals surface area contributed by atoms with Crippen molar-refractivity contribution in [2.24, 2.45) is 11.7 Å². The fraction of sp³-hybridized carbons (Fsp3) is 0.680. The molecule has 2 aliphatic heterocycles. The van der Waals surface area contributed by atoms with Gasteiger partial charge in [-0.2, -0.15) is 0 Å². The minimum absolute atomic E-state index is 0.0254. The number of likely N-dealkylation sites (tertiary alicyclic amines) is 1. The maximum absolute atomic E-state index is 13.6. The van der Waals surface area contributed by atoms with Gasteiger partial charge in [0.2, 0.25) is 5.91 Å². The molecule has 0 radical (unpaired) electrons. The number of hydrogen-bond acceptors (Lipinski definition) is 5. The molecule has 2 aromatic heterocycles. The number of ketones is 1. The van der Waals surface area contributed by atoms with Crippen molar-refractivity contribution in [2.75, 3.05) is 19.6 Å². The van der Waals surface area contributed by atoms with Gasteiger partial charge >= 0.3 is 0 Å². The van der Waals surface area contributed by atoms with Crippen LogP contribution in [0.3, 0.4) is 0 Å². The van der Waals surface area contributed by atoms with Crippen molar-refractivity contribution < 1.29 is 14.0 Å². The summed E-state index contributed by atoms with van der Waals surface area (Å²) in [6.45, 7) is 3.54. The van der Waals surface area contributed by atoms with E-state index in [1.54, 1.807) is 6.26 Å². The Balaban J connectivity index is 1.38. The van der Waals surface area contributed by atoms with E-state index in [1.807, 2.05) is 16.7 Å². The number of fused-ring (bicyclic) bond motifs is 3. The van der Waals surface area contributed by atoms with E-state index in [9.17, 15) is 9.59 Å². The largest absolute Gasteiger partial charge is 0.463 e. The fourth-order valence-corrected chi connectivity index (χ4v) is 6.02. The van der Waals surface area contributed by atoms with Crippen LogP contribution in [0, 0.1) is 5.92 Å². The first-order valence-electron chi connectivity index (χ1n) is 12.5. The van der Waals surface area contributed by atoms with Crippen molar-refractivity contribution >= 4 is 22.8 Å². The van der Waals surface area contributed by atoms with Crippen LogP contribution in [-0.2, 0) is 11.3 Å². The van der Waals surface area contributed by atoms with Crippen LogP contribution in [0.25, 0.3) is 11.1 Å². The monoisotopic (exact) mass is 440 g/mol. The molecule has 5 rings (SSSR count). The molecule has 7 heteroatoms. The predicted molar refractivity (Wildman–Crippen MR) is 123 cm³/mol. The molecule has 2 aromatic rings. The number of nitrogens with one attached hydrogen (secondary N) is 1. The smallest absolute Gasteiger partial charge is 0.242 e. The van der Waals surface area contributed by atoms with Crippen LogP contribution in [0.15, 0.2) is 22.8 Å². The number of furan rings is 1. The quantitative estimate of drug-likeness (QED) is 0.718. The van der Waals surface area contributed by atoms with Gasteiger partial charge in [-0.05, 0) is 58.2 Å². The molecule has 1 aliphatic carbocycles. The highest BCUT2D eigenvalue weighted by Gasteiger charge is 2.51. The number of Topliss-reactive ketones (excluding diaryl/α,β-unsaturated/α-hetero) is 1. The third kappa shape index (κ3) is 4.01. The van der Waals surface area contributed by atoms with Gasteiger partial charge in [0.1, 0.15) is 5.54 Å². The zero-order valence-corrected chi connectivity index (χ0v) is 19.0. The van der Waals surface area contributed by atoms with E-state index in [1.165, 1.54) is 25.7 Å². The van der Waals surface area contributed by atoms with E-state index in [0.717, 1.165) is 57.3 Å². The minimum Gasteiger partial charge on any atom is -0.463 e. The lowest BCUT2D eigenvalue weighted by atomic mass is 9.74. The summed E-state index contributed by atoms with van der Waals surface area (Å²) in [6.07, 6.45) is 12.4. The van der Waals surface area contributed by atoms with Gasteiger partial charge in [-0.1, -0.05) is 25.7 Å². The van der Waals surface area contributed by atoms with Crippen molar-refractivity contribution in [1.82, 2.24) is 14.8 Å². The van der Waals surface area contributed by atoms with Gasteiger partial charge in [-0.25, -0.2) is 0 Å². The molecule has 1 saturated carbocycles. The first-order valence-corrected chi connectivity index (χ1v) is 12.5. The first-order chi connectivity index (χ1) is 15.6. The molecule has 32 heavy (non-hydrogen) atoms. The van der Waals surface area contributed by atoms with Crippen LogP contribution in [0.1, 0.15) is 74.7 Å². The van der Waals surface area contributed by atoms with Gasteiger partial charge in [0.25, 0.3) is 0 Å². The zero-order chi connectivity index (χ0) is 22.1. The number of nitrogens with two attached hydrogens (primary N) is 1. The number of carbonyl (C=O) groups excluding carboxylic acids is 2. The predicted octanol–water partition coefficient (Wildman–Crippen LogP) is 3.46. The van der Waals surface area contributed by atoms with Crippen LogP contribution < -0.4 is 11.1 Å². The van der Waals surface area contributed by atoms with Gasteiger partial charge in [0, 0.05) is 18.2 Å². The van der Waals surface area contributed by atoms with E-state index >= 15 is 0 Å². The van der Waals surface area contributed by atoms with Gasteiger partial charge in [-0.3, -0.25) is 9.59 Å².